The van der Waals surface area contributed by atoms with E-state index in [0.717, 1.165) is 17.1 Å². The molecule has 1 N–H and O–H groups in total. The molecule has 0 spiro atoms. The van der Waals surface area contributed by atoms with E-state index >= 15 is 0 Å². The van der Waals surface area contributed by atoms with Crippen molar-refractivity contribution >= 4 is 34.8 Å². The van der Waals surface area contributed by atoms with Crippen molar-refractivity contribution in [2.75, 3.05) is 37.8 Å². The van der Waals surface area contributed by atoms with Crippen molar-refractivity contribution in [3.63, 3.8) is 0 Å². The highest BCUT2D eigenvalue weighted by atomic mass is 35.5. The fourth-order valence-corrected chi connectivity index (χ4v) is 4.45. The molecule has 4 aliphatic rings. The van der Waals surface area contributed by atoms with Gasteiger partial charge in [-0.05, 0) is 31.0 Å². The molecule has 3 heterocycles. The number of fused-ring (bicyclic) bond motifs is 1. The summed E-state index contributed by atoms with van der Waals surface area (Å²) in [6.07, 6.45) is 3.74. The van der Waals surface area contributed by atoms with Gasteiger partial charge in [0, 0.05) is 36.6 Å². The van der Waals surface area contributed by atoms with Gasteiger partial charge in [0.15, 0.2) is 18.1 Å². The standard InChI is InChI=1S/C20H25ClN4O4S/c1-20(5-6-20)13-28-17-16(23-7-9-24(10-8-23)30(26)27)12-22-25(19-18(17)29-19)15-4-2-3-14(21)11-15/h2-4,11-12,18-19H,5-10,13H2,1H3,(H,26,27). The van der Waals surface area contributed by atoms with Gasteiger partial charge in [0.25, 0.3) is 0 Å². The lowest BCUT2D eigenvalue weighted by Crippen LogP contribution is -2.47. The zero-order chi connectivity index (χ0) is 20.9. The molecule has 1 saturated carbocycles. The lowest BCUT2D eigenvalue weighted by Gasteiger charge is -2.34. The van der Waals surface area contributed by atoms with Crippen LogP contribution in [0.25, 0.3) is 0 Å². The molecule has 10 heteroatoms. The molecule has 0 amide bonds. The van der Waals surface area contributed by atoms with Gasteiger partial charge in [-0.3, -0.25) is 4.55 Å². The van der Waals surface area contributed by atoms with E-state index in [1.54, 1.807) is 4.31 Å². The first-order valence-electron chi connectivity index (χ1n) is 10.2. The summed E-state index contributed by atoms with van der Waals surface area (Å²) >= 11 is 4.24. The Balaban J connectivity index is 1.41. The molecule has 3 fully saturated rings. The van der Waals surface area contributed by atoms with Crippen LogP contribution in [0.1, 0.15) is 19.8 Å². The van der Waals surface area contributed by atoms with Crippen molar-refractivity contribution in [3.8, 4) is 0 Å². The SMILES string of the molecule is CC1(COC2=C(N3CCN(S(=O)O)CC3)C=NN(c3cccc(Cl)c3)C3OC23)CC1. The van der Waals surface area contributed by atoms with Crippen LogP contribution in [0.3, 0.4) is 0 Å². The van der Waals surface area contributed by atoms with E-state index in [4.69, 9.17) is 26.2 Å². The van der Waals surface area contributed by atoms with Gasteiger partial charge >= 0.3 is 0 Å². The molecule has 8 nitrogen and oxygen atoms in total. The Hall–Kier alpha value is -1.65. The second kappa shape index (κ2) is 7.80. The highest BCUT2D eigenvalue weighted by Crippen LogP contribution is 2.47. The summed E-state index contributed by atoms with van der Waals surface area (Å²) in [6, 6.07) is 7.54. The van der Waals surface area contributed by atoms with Gasteiger partial charge in [0.1, 0.15) is 0 Å². The molecule has 5 rings (SSSR count). The summed E-state index contributed by atoms with van der Waals surface area (Å²) in [6.45, 7) is 5.12. The summed E-state index contributed by atoms with van der Waals surface area (Å²) in [4.78, 5) is 2.16. The number of piperazine rings is 1. The van der Waals surface area contributed by atoms with Gasteiger partial charge in [-0.25, -0.2) is 9.22 Å². The molecule has 1 aliphatic carbocycles. The number of benzene rings is 1. The van der Waals surface area contributed by atoms with Crippen LogP contribution in [-0.2, 0) is 20.7 Å². The quantitative estimate of drug-likeness (QED) is 0.528. The van der Waals surface area contributed by atoms with E-state index in [9.17, 15) is 8.76 Å². The largest absolute Gasteiger partial charge is 0.492 e. The molecule has 3 unspecified atom stereocenters. The minimum Gasteiger partial charge on any atom is -0.492 e. The number of rotatable bonds is 6. The summed E-state index contributed by atoms with van der Waals surface area (Å²) in [5.74, 6) is 0.806. The van der Waals surface area contributed by atoms with Gasteiger partial charge < -0.3 is 14.4 Å². The van der Waals surface area contributed by atoms with Crippen LogP contribution in [0.5, 0.6) is 0 Å². The molecule has 0 radical (unpaired) electrons. The first-order chi connectivity index (χ1) is 14.4. The van der Waals surface area contributed by atoms with Crippen molar-refractivity contribution in [2.24, 2.45) is 10.5 Å². The highest BCUT2D eigenvalue weighted by Gasteiger charge is 2.52. The van der Waals surface area contributed by atoms with E-state index in [1.807, 2.05) is 35.5 Å². The lowest BCUT2D eigenvalue weighted by atomic mass is 10.1. The molecule has 162 valence electrons. The van der Waals surface area contributed by atoms with Gasteiger partial charge in [0.2, 0.25) is 11.3 Å². The predicted molar refractivity (Wildman–Crippen MR) is 115 cm³/mol. The number of ether oxygens (including phenoxy) is 2. The number of allylic oxidation sites excluding steroid dienone is 1. The molecule has 2 saturated heterocycles. The molecular formula is C20H25ClN4O4S. The average Bonchev–Trinajstić information content (AvgIpc) is 3.64. The molecule has 0 aromatic heterocycles. The van der Waals surface area contributed by atoms with E-state index < -0.39 is 11.3 Å². The monoisotopic (exact) mass is 452 g/mol. The second-order valence-electron chi connectivity index (χ2n) is 8.51. The van der Waals surface area contributed by atoms with E-state index in [2.05, 4.69) is 11.8 Å². The summed E-state index contributed by atoms with van der Waals surface area (Å²) in [5, 5.41) is 7.18. The second-order valence-corrected chi connectivity index (χ2v) is 9.93. The Labute approximate surface area is 183 Å². The average molecular weight is 453 g/mol. The Morgan fingerprint density at radius 1 is 1.33 bits per heavy atom. The van der Waals surface area contributed by atoms with Crippen molar-refractivity contribution in [1.29, 1.82) is 0 Å². The van der Waals surface area contributed by atoms with Crippen LogP contribution in [-0.4, -0.2) is 69.3 Å². The van der Waals surface area contributed by atoms with Gasteiger partial charge in [-0.2, -0.15) is 9.41 Å². The molecular weight excluding hydrogens is 428 g/mol. The highest BCUT2D eigenvalue weighted by molar-refractivity contribution is 7.76. The van der Waals surface area contributed by atoms with E-state index in [-0.39, 0.29) is 17.7 Å². The van der Waals surface area contributed by atoms with E-state index in [1.165, 1.54) is 12.8 Å². The maximum atomic E-state index is 11.4. The van der Waals surface area contributed by atoms with Crippen molar-refractivity contribution in [1.82, 2.24) is 9.21 Å². The zero-order valence-corrected chi connectivity index (χ0v) is 18.3. The maximum Gasteiger partial charge on any atom is 0.234 e. The molecule has 0 bridgehead atoms. The molecule has 30 heavy (non-hydrogen) atoms. The van der Waals surface area contributed by atoms with Crippen LogP contribution in [0.4, 0.5) is 5.69 Å². The minimum atomic E-state index is -1.94. The molecule has 3 atom stereocenters. The Morgan fingerprint density at radius 3 is 2.77 bits per heavy atom. The normalized spacial score (nSPS) is 28.8. The summed E-state index contributed by atoms with van der Waals surface area (Å²) in [5.41, 5.74) is 1.99. The molecule has 3 aliphatic heterocycles. The number of anilines is 1. The number of epoxide rings is 1. The van der Waals surface area contributed by atoms with Gasteiger partial charge in [0.05, 0.1) is 24.2 Å². The van der Waals surface area contributed by atoms with Crippen LogP contribution >= 0.6 is 11.6 Å². The fraction of sp³-hybridized carbons (Fsp3) is 0.550. The number of hydrogen-bond acceptors (Lipinski definition) is 6. The number of hydrogen-bond donors (Lipinski definition) is 1. The number of nitrogens with zero attached hydrogens (tertiary/aromatic N) is 4. The third kappa shape index (κ3) is 4.09. The van der Waals surface area contributed by atoms with Crippen LogP contribution in [0, 0.1) is 5.41 Å². The topological polar surface area (TPSA) is 81.1 Å². The van der Waals surface area contributed by atoms with Crippen LogP contribution in [0.15, 0.2) is 40.8 Å². The smallest absolute Gasteiger partial charge is 0.234 e. The van der Waals surface area contributed by atoms with Crippen molar-refractivity contribution in [3.05, 3.63) is 40.7 Å². The Kier molecular flexibility index (Phi) is 5.27. The van der Waals surface area contributed by atoms with Gasteiger partial charge in [-0.1, -0.05) is 24.6 Å². The van der Waals surface area contributed by atoms with E-state index in [0.29, 0.717) is 37.8 Å². The first-order valence-corrected chi connectivity index (χ1v) is 11.6. The Morgan fingerprint density at radius 2 is 2.10 bits per heavy atom. The van der Waals surface area contributed by atoms with Crippen molar-refractivity contribution in [2.45, 2.75) is 32.1 Å². The van der Waals surface area contributed by atoms with Crippen LogP contribution in [0.2, 0.25) is 5.02 Å². The third-order valence-corrected chi connectivity index (χ3v) is 7.12. The third-order valence-electron chi connectivity index (χ3n) is 6.08. The van der Waals surface area contributed by atoms with Crippen molar-refractivity contribution < 1.29 is 18.2 Å². The van der Waals surface area contributed by atoms with Crippen LogP contribution < -0.4 is 5.01 Å². The number of halogens is 1. The lowest BCUT2D eigenvalue weighted by molar-refractivity contribution is 0.131. The first kappa shape index (κ1) is 20.3. The Bertz CT molecular complexity index is 914. The zero-order valence-electron chi connectivity index (χ0n) is 16.7. The summed E-state index contributed by atoms with van der Waals surface area (Å²) < 4.78 is 34.6. The predicted octanol–water partition coefficient (Wildman–Crippen LogP) is 2.65. The molecule has 1 aromatic carbocycles. The maximum absolute atomic E-state index is 11.4. The fourth-order valence-electron chi connectivity index (χ4n) is 3.79. The molecule has 1 aromatic rings. The minimum absolute atomic E-state index is 0.200. The summed E-state index contributed by atoms with van der Waals surface area (Å²) in [7, 11) is 0. The number of hydrazone groups is 1. The van der Waals surface area contributed by atoms with Gasteiger partial charge in [-0.15, -0.1) is 0 Å².